The minimum Gasteiger partial charge on any atom is -0.497 e. The number of pyridine rings is 1. The van der Waals surface area contributed by atoms with Gasteiger partial charge in [-0.3, -0.25) is 24.7 Å². The normalized spacial score (nSPS) is 15.2. The van der Waals surface area contributed by atoms with E-state index < -0.39 is 0 Å². The first kappa shape index (κ1) is 22.0. The monoisotopic (exact) mass is 436 g/mol. The largest absolute Gasteiger partial charge is 0.497 e. The van der Waals surface area contributed by atoms with E-state index >= 15 is 0 Å². The summed E-state index contributed by atoms with van der Waals surface area (Å²) >= 11 is 0. The van der Waals surface area contributed by atoms with Crippen molar-refractivity contribution in [1.29, 1.82) is 0 Å². The Morgan fingerprint density at radius 3 is 2.22 bits per heavy atom. The van der Waals surface area contributed by atoms with Crippen molar-refractivity contribution in [1.82, 2.24) is 14.4 Å². The maximum Gasteiger partial charge on any atom is 0.269 e. The second kappa shape index (κ2) is 9.10. The third-order valence-electron chi connectivity index (χ3n) is 6.42. The van der Waals surface area contributed by atoms with Gasteiger partial charge >= 0.3 is 0 Å². The van der Waals surface area contributed by atoms with Crippen LogP contribution in [0.15, 0.2) is 47.3 Å². The zero-order valence-corrected chi connectivity index (χ0v) is 18.7. The molecule has 0 amide bonds. The molecule has 0 unspecified atom stereocenters. The van der Waals surface area contributed by atoms with Gasteiger partial charge in [-0.15, -0.1) is 0 Å². The molecule has 0 spiro atoms. The van der Waals surface area contributed by atoms with Gasteiger partial charge < -0.3 is 9.30 Å². The van der Waals surface area contributed by atoms with Gasteiger partial charge in [-0.1, -0.05) is 12.1 Å². The molecule has 3 aromatic rings. The summed E-state index contributed by atoms with van der Waals surface area (Å²) in [6.07, 6.45) is 0. The molecule has 0 saturated carbocycles. The van der Waals surface area contributed by atoms with Gasteiger partial charge in [-0.05, 0) is 30.7 Å². The smallest absolute Gasteiger partial charge is 0.269 e. The van der Waals surface area contributed by atoms with Crippen LogP contribution in [0.4, 0.5) is 5.69 Å². The second-order valence-corrected chi connectivity index (χ2v) is 8.31. The van der Waals surface area contributed by atoms with E-state index in [2.05, 4.69) is 14.4 Å². The first-order chi connectivity index (χ1) is 15.4. The van der Waals surface area contributed by atoms with E-state index in [0.29, 0.717) is 17.7 Å². The quantitative estimate of drug-likeness (QED) is 0.436. The number of aromatic nitrogens is 1. The van der Waals surface area contributed by atoms with Crippen molar-refractivity contribution >= 4 is 16.6 Å². The highest BCUT2D eigenvalue weighted by molar-refractivity contribution is 5.81. The second-order valence-electron chi connectivity index (χ2n) is 8.31. The molecule has 1 saturated heterocycles. The molecular weight excluding hydrogens is 408 g/mol. The molecule has 8 heteroatoms. The molecule has 2 aromatic carbocycles. The van der Waals surface area contributed by atoms with E-state index in [1.165, 1.54) is 0 Å². The van der Waals surface area contributed by atoms with Gasteiger partial charge in [0.05, 0.1) is 17.5 Å². The Kier molecular flexibility index (Phi) is 6.25. The van der Waals surface area contributed by atoms with Crippen LogP contribution < -0.4 is 10.2 Å². The number of nitro benzene ring substituents is 1. The molecule has 8 nitrogen and oxygen atoms in total. The summed E-state index contributed by atoms with van der Waals surface area (Å²) in [6.45, 7) is 6.90. The standard InChI is InChI=1S/C24H28N4O4/c1-17-22(24(29)21-14-20(32-3)8-9-23(21)25(17)2)16-27-12-10-26(11-13-27)15-18-4-6-19(7-5-18)28(30)31/h4-9,14H,10-13,15-16H2,1-3H3. The molecule has 2 heterocycles. The van der Waals surface area contributed by atoms with Crippen molar-refractivity contribution in [3.8, 4) is 5.75 Å². The first-order valence-corrected chi connectivity index (χ1v) is 10.7. The van der Waals surface area contributed by atoms with Crippen molar-refractivity contribution in [3.05, 3.63) is 79.6 Å². The lowest BCUT2D eigenvalue weighted by molar-refractivity contribution is -0.384. The SMILES string of the molecule is COc1ccc2c(c1)c(=O)c(CN1CCN(Cc3ccc([N+](=O)[O-])cc3)CC1)c(C)n2C. The molecule has 1 aliphatic heterocycles. The fourth-order valence-corrected chi connectivity index (χ4v) is 4.32. The number of fused-ring (bicyclic) bond motifs is 1. The summed E-state index contributed by atoms with van der Waals surface area (Å²) in [6, 6.07) is 12.4. The predicted octanol–water partition coefficient (Wildman–Crippen LogP) is 3.08. The third-order valence-corrected chi connectivity index (χ3v) is 6.42. The number of benzene rings is 2. The molecular formula is C24H28N4O4. The number of piperazine rings is 1. The van der Waals surface area contributed by atoms with Crippen LogP contribution in [0.5, 0.6) is 5.75 Å². The number of ether oxygens (including phenoxy) is 1. The highest BCUT2D eigenvalue weighted by Gasteiger charge is 2.21. The van der Waals surface area contributed by atoms with Crippen LogP contribution in [0.1, 0.15) is 16.8 Å². The zero-order chi connectivity index (χ0) is 22.8. The van der Waals surface area contributed by atoms with Crippen molar-refractivity contribution < 1.29 is 9.66 Å². The van der Waals surface area contributed by atoms with Crippen LogP contribution in [0.3, 0.4) is 0 Å². The number of hydrogen-bond acceptors (Lipinski definition) is 6. The Balaban J connectivity index is 1.45. The Labute approximate surface area is 186 Å². The predicted molar refractivity (Wildman–Crippen MR) is 124 cm³/mol. The van der Waals surface area contributed by atoms with E-state index in [0.717, 1.165) is 55.1 Å². The van der Waals surface area contributed by atoms with Crippen LogP contribution in [0.25, 0.3) is 10.9 Å². The Hall–Kier alpha value is -3.23. The molecule has 0 atom stereocenters. The number of hydrogen-bond donors (Lipinski definition) is 0. The lowest BCUT2D eigenvalue weighted by atomic mass is 10.1. The van der Waals surface area contributed by atoms with Gasteiger partial charge in [0.15, 0.2) is 5.43 Å². The molecule has 4 rings (SSSR count). The summed E-state index contributed by atoms with van der Waals surface area (Å²) in [5.74, 6) is 0.685. The minimum absolute atomic E-state index is 0.0720. The Bertz CT molecular complexity index is 1200. The molecule has 1 aliphatic rings. The van der Waals surface area contributed by atoms with Crippen LogP contribution in [-0.2, 0) is 20.1 Å². The number of non-ortho nitro benzene ring substituents is 1. The first-order valence-electron chi connectivity index (χ1n) is 10.7. The van der Waals surface area contributed by atoms with Crippen LogP contribution in [0, 0.1) is 17.0 Å². The van der Waals surface area contributed by atoms with Gasteiger partial charge in [0.25, 0.3) is 5.69 Å². The molecule has 0 N–H and O–H groups in total. The number of methoxy groups -OCH3 is 1. The highest BCUT2D eigenvalue weighted by Crippen LogP contribution is 2.21. The van der Waals surface area contributed by atoms with Crippen molar-refractivity contribution in [2.45, 2.75) is 20.0 Å². The molecule has 0 bridgehead atoms. The third kappa shape index (κ3) is 4.37. The van der Waals surface area contributed by atoms with Gasteiger partial charge in [0, 0.05) is 75.1 Å². The Morgan fingerprint density at radius 2 is 1.62 bits per heavy atom. The highest BCUT2D eigenvalue weighted by atomic mass is 16.6. The average molecular weight is 437 g/mol. The van der Waals surface area contributed by atoms with Crippen LogP contribution in [0.2, 0.25) is 0 Å². The fraction of sp³-hybridized carbons (Fsp3) is 0.375. The summed E-state index contributed by atoms with van der Waals surface area (Å²) in [4.78, 5) is 28.4. The van der Waals surface area contributed by atoms with E-state index in [4.69, 9.17) is 4.74 Å². The number of aryl methyl sites for hydroxylation is 1. The maximum absolute atomic E-state index is 13.3. The summed E-state index contributed by atoms with van der Waals surface area (Å²) in [5.41, 5.74) is 3.98. The van der Waals surface area contributed by atoms with Crippen molar-refractivity contribution in [2.75, 3.05) is 33.3 Å². The van der Waals surface area contributed by atoms with E-state index in [1.807, 2.05) is 44.3 Å². The average Bonchev–Trinajstić information content (AvgIpc) is 2.81. The number of rotatable bonds is 6. The molecule has 0 radical (unpaired) electrons. The van der Waals surface area contributed by atoms with Gasteiger partial charge in [-0.2, -0.15) is 0 Å². The van der Waals surface area contributed by atoms with Gasteiger partial charge in [0.2, 0.25) is 0 Å². The summed E-state index contributed by atoms with van der Waals surface area (Å²) in [5, 5.41) is 11.5. The lowest BCUT2D eigenvalue weighted by Crippen LogP contribution is -2.46. The van der Waals surface area contributed by atoms with E-state index in [1.54, 1.807) is 19.2 Å². The minimum atomic E-state index is -0.377. The van der Waals surface area contributed by atoms with Crippen LogP contribution in [-0.4, -0.2) is 52.6 Å². The summed E-state index contributed by atoms with van der Waals surface area (Å²) in [7, 11) is 3.60. The van der Waals surface area contributed by atoms with Gasteiger partial charge in [0.1, 0.15) is 5.75 Å². The molecule has 0 aliphatic carbocycles. The number of nitro groups is 1. The summed E-state index contributed by atoms with van der Waals surface area (Å²) < 4.78 is 7.40. The van der Waals surface area contributed by atoms with Crippen molar-refractivity contribution in [3.63, 3.8) is 0 Å². The molecule has 1 fully saturated rings. The fourth-order valence-electron chi connectivity index (χ4n) is 4.32. The van der Waals surface area contributed by atoms with E-state index in [9.17, 15) is 14.9 Å². The van der Waals surface area contributed by atoms with Crippen molar-refractivity contribution in [2.24, 2.45) is 7.05 Å². The topological polar surface area (TPSA) is 80.8 Å². The molecule has 32 heavy (non-hydrogen) atoms. The maximum atomic E-state index is 13.3. The zero-order valence-electron chi connectivity index (χ0n) is 18.7. The van der Waals surface area contributed by atoms with E-state index in [-0.39, 0.29) is 16.0 Å². The molecule has 168 valence electrons. The molecule has 1 aromatic heterocycles. The van der Waals surface area contributed by atoms with Gasteiger partial charge in [-0.25, -0.2) is 0 Å². The van der Waals surface area contributed by atoms with Crippen LogP contribution >= 0.6 is 0 Å². The lowest BCUT2D eigenvalue weighted by Gasteiger charge is -2.35. The number of nitrogens with zero attached hydrogens (tertiary/aromatic N) is 4. The Morgan fingerprint density at radius 1 is 1.00 bits per heavy atom.